The van der Waals surface area contributed by atoms with Crippen molar-refractivity contribution in [1.82, 2.24) is 17.9 Å². The van der Waals surface area contributed by atoms with E-state index in [1.54, 1.807) is 0 Å². The zero-order valence-corrected chi connectivity index (χ0v) is 69.3. The van der Waals surface area contributed by atoms with Gasteiger partial charge in [0.25, 0.3) is 0 Å². The number of rotatable bonds is 11. The fraction of sp³-hybridized carbons (Fsp3) is 0.143. The van der Waals surface area contributed by atoms with Gasteiger partial charge in [0, 0.05) is 109 Å². The summed E-state index contributed by atoms with van der Waals surface area (Å²) >= 11 is 0. The van der Waals surface area contributed by atoms with Gasteiger partial charge in [-0.1, -0.05) is 276 Å². The second-order valence-electron chi connectivity index (χ2n) is 37.3. The average Bonchev–Trinajstić information content (AvgIpc) is 1.53. The number of furan rings is 2. The molecule has 0 saturated carbocycles. The van der Waals surface area contributed by atoms with Crippen molar-refractivity contribution in [3.8, 4) is 11.4 Å². The van der Waals surface area contributed by atoms with Crippen molar-refractivity contribution in [2.24, 2.45) is 0 Å². The van der Waals surface area contributed by atoms with Gasteiger partial charge in [0.15, 0.2) is 11.2 Å². The normalized spacial score (nSPS) is 13.0. The minimum atomic E-state index is -0.317. The van der Waals surface area contributed by atoms with Gasteiger partial charge in [-0.15, -0.1) is 0 Å². The van der Waals surface area contributed by atoms with Gasteiger partial charge in [0.1, 0.15) is 11.2 Å². The summed E-state index contributed by atoms with van der Waals surface area (Å²) in [5, 5.41) is 19.1. The Morgan fingerprint density at radius 1 is 0.250 bits per heavy atom. The number of anilines is 6. The Bertz CT molecular complexity index is 8440. The van der Waals surface area contributed by atoms with Gasteiger partial charge in [-0.05, 0) is 166 Å². The predicted molar refractivity (Wildman–Crippen MR) is 508 cm³/mol. The number of aromatic nitrogens is 4. The van der Waals surface area contributed by atoms with Crippen molar-refractivity contribution in [3.05, 3.63) is 349 Å². The van der Waals surface area contributed by atoms with Crippen LogP contribution in [-0.4, -0.2) is 17.9 Å². The molecule has 0 aliphatic heterocycles. The molecule has 0 bridgehead atoms. The number of hydrogen-bond acceptors (Lipinski definition) is 4. The fourth-order valence-corrected chi connectivity index (χ4v) is 21.1. The Morgan fingerprint density at radius 2 is 0.600 bits per heavy atom. The third kappa shape index (κ3) is 9.93. The van der Waals surface area contributed by atoms with Crippen LogP contribution in [0.1, 0.15) is 104 Å². The van der Waals surface area contributed by atoms with Crippen LogP contribution in [-0.2, 0) is 28.1 Å². The summed E-state index contributed by atoms with van der Waals surface area (Å²) in [6.07, 6.45) is 0.774. The van der Waals surface area contributed by atoms with E-state index in [-0.39, 0.29) is 21.7 Å². The molecule has 0 spiro atoms. The van der Waals surface area contributed by atoms with Crippen LogP contribution in [0, 0.1) is 0 Å². The molecule has 8 heteroatoms. The van der Waals surface area contributed by atoms with Gasteiger partial charge in [-0.25, -0.2) is 0 Å². The summed E-state index contributed by atoms with van der Waals surface area (Å²) in [6, 6.07) is 121. The van der Waals surface area contributed by atoms with Crippen molar-refractivity contribution in [3.63, 3.8) is 0 Å². The monoisotopic (exact) mass is 1550 g/mol. The molecular weight excluding hydrogens is 1460 g/mol. The van der Waals surface area contributed by atoms with Gasteiger partial charge >= 0.3 is 0 Å². The molecule has 8 nitrogen and oxygen atoms in total. The average molecular weight is 1550 g/mol. The van der Waals surface area contributed by atoms with E-state index in [2.05, 4.69) is 425 Å². The van der Waals surface area contributed by atoms with Crippen molar-refractivity contribution in [1.29, 1.82) is 0 Å². The first kappa shape index (κ1) is 70.2. The Labute approximate surface area is 694 Å². The number of para-hydroxylation sites is 9. The molecule has 0 fully saturated rings. The summed E-state index contributed by atoms with van der Waals surface area (Å²) in [5.41, 5.74) is 29.6. The minimum Gasteiger partial charge on any atom is -0.454 e. The Balaban J connectivity index is 0.643. The third-order valence-electron chi connectivity index (χ3n) is 26.5. The topological polar surface area (TPSA) is 51.4 Å². The summed E-state index contributed by atoms with van der Waals surface area (Å²) in [7, 11) is 0. The molecule has 0 aliphatic rings. The van der Waals surface area contributed by atoms with E-state index in [0.717, 1.165) is 101 Å². The molecule has 8 aromatic heterocycles. The van der Waals surface area contributed by atoms with E-state index in [1.165, 1.54) is 143 Å². The maximum atomic E-state index is 7.43. The minimum absolute atomic E-state index is 0.0195. The molecule has 0 saturated heterocycles. The van der Waals surface area contributed by atoms with Crippen LogP contribution in [0.4, 0.5) is 34.1 Å². The van der Waals surface area contributed by atoms with Gasteiger partial charge in [0.05, 0.1) is 89.3 Å². The highest BCUT2D eigenvalue weighted by Crippen LogP contribution is 2.55. The predicted octanol–water partition coefficient (Wildman–Crippen LogP) is 31.3. The van der Waals surface area contributed by atoms with Gasteiger partial charge < -0.3 is 36.6 Å². The SMILES string of the molecule is CC(C)(C)c1ccc2c(c1)c1ccccc1n2-c1cccc2c1c1cccc3c4c(-n5c6ccccc6c6cc(C(C)(C)Cc7cccc(N(c8cccc9c8oc8c(C(C)(C)C)cccc89)c8cccc9c8c8cccc%10c%11c(N(c%12ccccc%12)c%12cccc%13c%12oc%12c(C(C)(C)C)cccc%12%13)cccc%11n9c%108)c7)ccc65)cccc4n2c13. The zero-order chi connectivity index (χ0) is 80.9. The van der Waals surface area contributed by atoms with E-state index in [0.29, 0.717) is 0 Å². The first-order chi connectivity index (χ1) is 58.2. The number of fused-ring (bicyclic) bond motifs is 24. The first-order valence-electron chi connectivity index (χ1n) is 42.4. The lowest BCUT2D eigenvalue weighted by Crippen LogP contribution is -2.21. The summed E-state index contributed by atoms with van der Waals surface area (Å²) in [5.74, 6) is 0. The molecule has 120 heavy (non-hydrogen) atoms. The smallest absolute Gasteiger partial charge is 0.159 e. The molecule has 24 aromatic rings. The van der Waals surface area contributed by atoms with Gasteiger partial charge in [-0.3, -0.25) is 0 Å². The van der Waals surface area contributed by atoms with Crippen LogP contribution in [0.3, 0.4) is 0 Å². The molecule has 8 heterocycles. The molecular formula is C112H88N6O2. The van der Waals surface area contributed by atoms with E-state index in [9.17, 15) is 0 Å². The van der Waals surface area contributed by atoms with Crippen LogP contribution in [0.15, 0.2) is 330 Å². The molecule has 16 aromatic carbocycles. The molecule has 0 N–H and O–H groups in total. The Morgan fingerprint density at radius 3 is 1.09 bits per heavy atom. The largest absolute Gasteiger partial charge is 0.454 e. The molecule has 0 atom stereocenters. The Kier molecular flexibility index (Phi) is 14.6. The van der Waals surface area contributed by atoms with Crippen LogP contribution in [0.5, 0.6) is 0 Å². The first-order valence-corrected chi connectivity index (χ1v) is 42.4. The van der Waals surface area contributed by atoms with Gasteiger partial charge in [0.2, 0.25) is 0 Å². The van der Waals surface area contributed by atoms with Crippen LogP contribution >= 0.6 is 0 Å². The maximum absolute atomic E-state index is 7.43. The zero-order valence-electron chi connectivity index (χ0n) is 69.3. The number of hydrogen-bond donors (Lipinski definition) is 0. The molecule has 0 unspecified atom stereocenters. The second-order valence-corrected chi connectivity index (χ2v) is 37.3. The quantitative estimate of drug-likeness (QED) is 0.129. The van der Waals surface area contributed by atoms with Crippen molar-refractivity contribution in [2.45, 2.75) is 104 Å². The highest BCUT2D eigenvalue weighted by molar-refractivity contribution is 6.31. The standard InChI is InChI=1S/C112H88N6O2/c1-109(2,3)67-58-60-87-81(63-67)71-34-15-17-46-85(71)115(87)91-50-28-54-95-101(91)79-42-21-43-80-102-92(51-29-55-96(102)118(95)104(79)80)116-86-47-18-16-35-72(86)82-64-68(59-61-88(82)116)112(10,11)65-66-30-19-33-70(62-66)114(98-57-25-39-76-74-37-23-45-84(111(7,8)9)106(74)120-108(76)98)90-49-27-53-94-100(90)78-41-20-40-77-99-89(48-26-52-93(99)117(94)103(77)78)113(69-31-13-12-14-32-69)97-56-24-38-75-73-36-22-44-83(110(4,5)6)105(73)119-107(75)97/h12-64H,65H2,1-11H3. The highest BCUT2D eigenvalue weighted by Gasteiger charge is 2.34. The van der Waals surface area contributed by atoms with E-state index < -0.39 is 0 Å². The van der Waals surface area contributed by atoms with Crippen molar-refractivity contribution < 1.29 is 8.83 Å². The van der Waals surface area contributed by atoms with E-state index >= 15 is 0 Å². The summed E-state index contributed by atoms with van der Waals surface area (Å²) in [4.78, 5) is 4.92. The third-order valence-corrected chi connectivity index (χ3v) is 26.5. The summed E-state index contributed by atoms with van der Waals surface area (Å²) < 4.78 is 24.8. The van der Waals surface area contributed by atoms with Crippen LogP contribution < -0.4 is 9.80 Å². The maximum Gasteiger partial charge on any atom is 0.159 e. The lowest BCUT2D eigenvalue weighted by molar-refractivity contribution is 0.523. The van der Waals surface area contributed by atoms with Crippen molar-refractivity contribution in [2.75, 3.05) is 9.80 Å². The molecule has 578 valence electrons. The fourth-order valence-electron chi connectivity index (χ4n) is 21.1. The second kappa shape index (κ2) is 25.0. The number of benzene rings is 16. The Hall–Kier alpha value is -14.1. The molecule has 0 aliphatic carbocycles. The van der Waals surface area contributed by atoms with E-state index in [1.807, 2.05) is 0 Å². The lowest BCUT2D eigenvalue weighted by atomic mass is 9.78. The van der Waals surface area contributed by atoms with E-state index in [4.69, 9.17) is 8.83 Å². The molecule has 0 radical (unpaired) electrons. The molecule has 24 rings (SSSR count). The van der Waals surface area contributed by atoms with Crippen LogP contribution in [0.2, 0.25) is 0 Å². The number of nitrogens with zero attached hydrogens (tertiary/aromatic N) is 6. The van der Waals surface area contributed by atoms with Crippen molar-refractivity contribution >= 4 is 198 Å². The lowest BCUT2D eigenvalue weighted by Gasteiger charge is -2.29. The molecule has 0 amide bonds. The highest BCUT2D eigenvalue weighted by atomic mass is 16.3. The van der Waals surface area contributed by atoms with Crippen LogP contribution in [0.25, 0.3) is 175 Å². The van der Waals surface area contributed by atoms with Gasteiger partial charge in [-0.2, -0.15) is 0 Å². The summed E-state index contributed by atoms with van der Waals surface area (Å²) in [6.45, 7) is 25.4.